The lowest BCUT2D eigenvalue weighted by Gasteiger charge is -2.48. The molecule has 1 aromatic carbocycles. The summed E-state index contributed by atoms with van der Waals surface area (Å²) in [5.74, 6) is -2.48. The minimum atomic E-state index is -2.59. The van der Waals surface area contributed by atoms with Crippen LogP contribution in [0.25, 0.3) is 21.3 Å². The van der Waals surface area contributed by atoms with Crippen molar-refractivity contribution in [2.45, 2.75) is 77.3 Å². The number of hydrogen-bond donors (Lipinski definition) is 1. The number of aryl methyl sites for hydroxylation is 3. The Balaban J connectivity index is 1.13. The van der Waals surface area contributed by atoms with Crippen molar-refractivity contribution in [3.8, 4) is 16.9 Å². The Morgan fingerprint density at radius 3 is 2.70 bits per heavy atom. The van der Waals surface area contributed by atoms with Gasteiger partial charge in [-0.15, -0.1) is 11.3 Å². The predicted octanol–water partition coefficient (Wildman–Crippen LogP) is 6.94. The molecule has 2 atom stereocenters. The summed E-state index contributed by atoms with van der Waals surface area (Å²) in [5, 5.41) is 11.7. The molecule has 0 bridgehead atoms. The summed E-state index contributed by atoms with van der Waals surface area (Å²) < 4.78 is 37.2. The molecule has 0 amide bonds. The quantitative estimate of drug-likeness (QED) is 0.228. The Hall–Kier alpha value is -3.41. The van der Waals surface area contributed by atoms with Crippen LogP contribution in [-0.4, -0.2) is 61.7 Å². The molecule has 4 heterocycles. The number of alkyl halides is 2. The molecule has 12 heteroatoms. The van der Waals surface area contributed by atoms with E-state index in [1.54, 1.807) is 28.1 Å². The molecule has 1 saturated carbocycles. The number of halogens is 3. The molecule has 1 spiro atoms. The molecule has 2 fully saturated rings. The second kappa shape index (κ2) is 11.1. The lowest BCUT2D eigenvalue weighted by molar-refractivity contribution is -0.0161. The van der Waals surface area contributed by atoms with E-state index in [2.05, 4.69) is 16.8 Å². The molecule has 0 unspecified atom stereocenters. The van der Waals surface area contributed by atoms with Gasteiger partial charge in [-0.2, -0.15) is 0 Å². The van der Waals surface area contributed by atoms with E-state index in [0.29, 0.717) is 69.4 Å². The third-order valence-corrected chi connectivity index (χ3v) is 11.5. The van der Waals surface area contributed by atoms with E-state index < -0.39 is 17.3 Å². The van der Waals surface area contributed by atoms with Crippen LogP contribution in [0.1, 0.15) is 65.7 Å². The minimum Gasteiger partial charge on any atom is -0.491 e. The third kappa shape index (κ3) is 5.20. The SMILES string of the molecule is Cc1cc(-c2cc(Cl)ccc2OCCn2c(C)nc3c(c2=O)C[C@](C)(N2CCC[C@@]4(C2)CC4(F)F)CC3)c2scc(C(=O)O)c2n1. The van der Waals surface area contributed by atoms with E-state index in [0.717, 1.165) is 30.6 Å². The molecule has 8 nitrogen and oxygen atoms in total. The van der Waals surface area contributed by atoms with Crippen LogP contribution >= 0.6 is 22.9 Å². The van der Waals surface area contributed by atoms with Crippen molar-refractivity contribution in [2.24, 2.45) is 5.41 Å². The molecule has 7 rings (SSSR count). The summed E-state index contributed by atoms with van der Waals surface area (Å²) in [5.41, 5.74) is 2.76. The number of ether oxygens (including phenoxy) is 1. The predicted molar refractivity (Wildman–Crippen MR) is 174 cm³/mol. The van der Waals surface area contributed by atoms with Crippen LogP contribution in [0.2, 0.25) is 5.02 Å². The van der Waals surface area contributed by atoms with Crippen LogP contribution in [-0.2, 0) is 19.4 Å². The first kappa shape index (κ1) is 31.2. The summed E-state index contributed by atoms with van der Waals surface area (Å²) in [6.07, 6.45) is 3.17. The van der Waals surface area contributed by atoms with E-state index in [1.165, 1.54) is 11.3 Å². The van der Waals surface area contributed by atoms with E-state index in [1.807, 2.05) is 19.9 Å². The Kier molecular flexibility index (Phi) is 7.53. The van der Waals surface area contributed by atoms with Crippen molar-refractivity contribution in [1.29, 1.82) is 0 Å². The molecular weight excluding hydrogens is 634 g/mol. The largest absolute Gasteiger partial charge is 0.491 e. The van der Waals surface area contributed by atoms with Crippen molar-refractivity contribution in [3.05, 3.63) is 73.4 Å². The summed E-state index contributed by atoms with van der Waals surface area (Å²) in [6.45, 7) is 7.31. The van der Waals surface area contributed by atoms with Crippen LogP contribution in [0.5, 0.6) is 5.75 Å². The van der Waals surface area contributed by atoms with E-state index in [-0.39, 0.29) is 36.2 Å². The maximum atomic E-state index is 14.3. The van der Waals surface area contributed by atoms with Crippen molar-refractivity contribution in [2.75, 3.05) is 19.7 Å². The topological polar surface area (TPSA) is 97.6 Å². The summed E-state index contributed by atoms with van der Waals surface area (Å²) in [7, 11) is 0. The standard InChI is InChI=1S/C34H35ClF2N4O4S/c1-19-13-23(29-28(38-19)25(16-46-29)31(43)44)22-14-21(35)5-6-27(22)45-12-11-41-20(2)39-26-7-9-32(3,15-24(26)30(41)42)40-10-4-8-33(18-40)17-34(33,36)37/h5-6,13-14,16H,4,7-12,15,17-18H2,1-3H3,(H,43,44)/t32-,33+/m1/s1. The molecule has 0 radical (unpaired) electrons. The number of carboxylic acids is 1. The molecule has 46 heavy (non-hydrogen) atoms. The molecule has 1 N–H and O–H groups in total. The van der Waals surface area contributed by atoms with Gasteiger partial charge in [-0.25, -0.2) is 18.6 Å². The maximum absolute atomic E-state index is 14.3. The molecule has 3 aromatic heterocycles. The van der Waals surface area contributed by atoms with Gasteiger partial charge in [0.05, 0.1) is 33.4 Å². The van der Waals surface area contributed by atoms with Gasteiger partial charge >= 0.3 is 5.97 Å². The van der Waals surface area contributed by atoms with Crippen LogP contribution < -0.4 is 10.3 Å². The van der Waals surface area contributed by atoms with Gasteiger partial charge in [0.25, 0.3) is 11.5 Å². The highest BCUT2D eigenvalue weighted by Gasteiger charge is 2.71. The minimum absolute atomic E-state index is 0.0333. The molecule has 4 aromatic rings. The van der Waals surface area contributed by atoms with Crippen molar-refractivity contribution in [1.82, 2.24) is 19.4 Å². The zero-order chi connectivity index (χ0) is 32.6. The van der Waals surface area contributed by atoms with Crippen LogP contribution in [0.15, 0.2) is 34.4 Å². The average molecular weight is 669 g/mol. The molecule has 1 aliphatic heterocycles. The summed E-state index contributed by atoms with van der Waals surface area (Å²) in [4.78, 5) is 37.2. The first-order valence-electron chi connectivity index (χ1n) is 15.6. The van der Waals surface area contributed by atoms with Gasteiger partial charge in [-0.1, -0.05) is 11.6 Å². The number of pyridine rings is 1. The lowest BCUT2D eigenvalue weighted by Crippen LogP contribution is -2.56. The second-order valence-corrected chi connectivity index (χ2v) is 14.6. The number of hydrogen-bond acceptors (Lipinski definition) is 7. The molecule has 2 aliphatic carbocycles. The summed E-state index contributed by atoms with van der Waals surface area (Å²) in [6, 6.07) is 7.17. The van der Waals surface area contributed by atoms with E-state index >= 15 is 0 Å². The fourth-order valence-corrected chi connectivity index (χ4v) is 8.70. The number of thiophene rings is 1. The Bertz CT molecular complexity index is 1960. The first-order valence-corrected chi connectivity index (χ1v) is 16.8. The highest BCUT2D eigenvalue weighted by molar-refractivity contribution is 7.18. The number of fused-ring (bicyclic) bond motifs is 2. The van der Waals surface area contributed by atoms with Gasteiger partial charge in [0, 0.05) is 51.3 Å². The van der Waals surface area contributed by atoms with Crippen LogP contribution in [0.3, 0.4) is 0 Å². The lowest BCUT2D eigenvalue weighted by atomic mass is 9.78. The highest BCUT2D eigenvalue weighted by Crippen LogP contribution is 2.65. The average Bonchev–Trinajstić information content (AvgIpc) is 3.30. The van der Waals surface area contributed by atoms with Gasteiger partial charge in [0.15, 0.2) is 0 Å². The van der Waals surface area contributed by atoms with Crippen LogP contribution in [0.4, 0.5) is 8.78 Å². The zero-order valence-electron chi connectivity index (χ0n) is 26.0. The first-order chi connectivity index (χ1) is 21.8. The van der Waals surface area contributed by atoms with Crippen molar-refractivity contribution < 1.29 is 23.4 Å². The van der Waals surface area contributed by atoms with E-state index in [9.17, 15) is 23.5 Å². The number of carbonyl (C=O) groups is 1. The number of nitrogens with zero attached hydrogens (tertiary/aromatic N) is 4. The summed E-state index contributed by atoms with van der Waals surface area (Å²) >= 11 is 7.71. The fourth-order valence-electron chi connectivity index (χ4n) is 7.52. The van der Waals surface area contributed by atoms with Gasteiger partial charge in [-0.3, -0.25) is 19.2 Å². The highest BCUT2D eigenvalue weighted by atomic mass is 35.5. The van der Waals surface area contributed by atoms with Crippen LogP contribution in [0, 0.1) is 19.3 Å². The normalized spacial score (nSPS) is 23.9. The van der Waals surface area contributed by atoms with Gasteiger partial charge in [0.2, 0.25) is 0 Å². The van der Waals surface area contributed by atoms with Crippen molar-refractivity contribution >= 4 is 39.1 Å². The third-order valence-electron chi connectivity index (χ3n) is 10.2. The van der Waals surface area contributed by atoms with E-state index in [4.69, 9.17) is 21.3 Å². The number of aromatic nitrogens is 3. The number of piperidine rings is 1. The smallest absolute Gasteiger partial charge is 0.338 e. The number of carboxylic acid groups (broad SMARTS) is 1. The number of aromatic carboxylic acids is 1. The number of rotatable bonds is 7. The monoisotopic (exact) mass is 668 g/mol. The number of likely N-dealkylation sites (tertiary alicyclic amines) is 1. The Labute approximate surface area is 274 Å². The molecule has 3 aliphatic rings. The maximum Gasteiger partial charge on any atom is 0.338 e. The van der Waals surface area contributed by atoms with Gasteiger partial charge in [-0.05, 0) is 83.7 Å². The Morgan fingerprint density at radius 1 is 1.17 bits per heavy atom. The van der Waals surface area contributed by atoms with Gasteiger partial charge in [0.1, 0.15) is 18.2 Å². The molecular formula is C34H35ClF2N4O4S. The Morgan fingerprint density at radius 2 is 1.96 bits per heavy atom. The second-order valence-electron chi connectivity index (χ2n) is 13.3. The zero-order valence-corrected chi connectivity index (χ0v) is 27.5. The van der Waals surface area contributed by atoms with Gasteiger partial charge < -0.3 is 9.84 Å². The molecule has 242 valence electrons. The van der Waals surface area contributed by atoms with Crippen molar-refractivity contribution in [3.63, 3.8) is 0 Å². The fraction of sp³-hybridized carbons (Fsp3) is 0.471. The molecule has 1 saturated heterocycles. The number of benzene rings is 1.